The fourth-order valence-electron chi connectivity index (χ4n) is 2.35. The molecule has 1 N–H and O–H groups in total. The van der Waals surface area contributed by atoms with Crippen LogP contribution in [0, 0.1) is 17.8 Å². The summed E-state index contributed by atoms with van der Waals surface area (Å²) < 4.78 is 0. The summed E-state index contributed by atoms with van der Waals surface area (Å²) in [5.74, 6) is -0.997. The first-order valence-electron chi connectivity index (χ1n) is 3.96. The molecular formula is C8H10O3. The van der Waals surface area contributed by atoms with E-state index in [1.807, 2.05) is 0 Å². The molecule has 0 heterocycles. The molecule has 3 heteroatoms. The Kier molecular flexibility index (Phi) is 1.28. The zero-order valence-corrected chi connectivity index (χ0v) is 6.12. The fourth-order valence-corrected chi connectivity index (χ4v) is 2.35. The molecule has 2 saturated carbocycles. The second-order valence-corrected chi connectivity index (χ2v) is 3.46. The minimum atomic E-state index is -0.787. The Labute approximate surface area is 64.4 Å². The number of ketones is 1. The number of hydrogen-bond acceptors (Lipinski definition) is 2. The van der Waals surface area contributed by atoms with Gasteiger partial charge in [-0.25, -0.2) is 0 Å². The number of carbonyl (C=O) groups excluding carboxylic acids is 1. The molecule has 0 aromatic heterocycles. The van der Waals surface area contributed by atoms with Crippen LogP contribution in [-0.2, 0) is 9.59 Å². The van der Waals surface area contributed by atoms with E-state index in [0.717, 1.165) is 12.8 Å². The topological polar surface area (TPSA) is 54.4 Å². The Morgan fingerprint density at radius 2 is 2.18 bits per heavy atom. The van der Waals surface area contributed by atoms with E-state index in [4.69, 9.17) is 5.11 Å². The van der Waals surface area contributed by atoms with Gasteiger partial charge in [0, 0.05) is 11.8 Å². The summed E-state index contributed by atoms with van der Waals surface area (Å²) in [6.07, 6.45) is 2.33. The summed E-state index contributed by atoms with van der Waals surface area (Å²) in [7, 11) is 0. The molecule has 0 radical (unpaired) electrons. The van der Waals surface area contributed by atoms with E-state index in [-0.39, 0.29) is 23.5 Å². The fraction of sp³-hybridized carbons (Fsp3) is 0.750. The molecule has 2 rings (SSSR count). The Morgan fingerprint density at radius 1 is 1.45 bits per heavy atom. The predicted molar refractivity (Wildman–Crippen MR) is 37.0 cm³/mol. The maximum atomic E-state index is 11.2. The van der Waals surface area contributed by atoms with Crippen molar-refractivity contribution < 1.29 is 14.7 Å². The first kappa shape index (κ1) is 6.83. The molecule has 2 bridgehead atoms. The zero-order valence-electron chi connectivity index (χ0n) is 6.12. The molecule has 2 aliphatic rings. The van der Waals surface area contributed by atoms with Gasteiger partial charge in [0.1, 0.15) is 5.78 Å². The molecular weight excluding hydrogens is 144 g/mol. The van der Waals surface area contributed by atoms with Crippen LogP contribution in [0.2, 0.25) is 0 Å². The predicted octanol–water partition coefficient (Wildman–Crippen LogP) is 0.686. The molecule has 3 nitrogen and oxygen atoms in total. The zero-order chi connectivity index (χ0) is 8.01. The third kappa shape index (κ3) is 0.800. The smallest absolute Gasteiger partial charge is 0.307 e. The summed E-state index contributed by atoms with van der Waals surface area (Å²) in [5, 5.41) is 8.70. The number of Topliss-reactive ketones (excluding diaryl/α,β-unsaturated/α-hetero) is 1. The van der Waals surface area contributed by atoms with E-state index < -0.39 is 5.97 Å². The van der Waals surface area contributed by atoms with Crippen LogP contribution in [0.3, 0.4) is 0 Å². The summed E-state index contributed by atoms with van der Waals surface area (Å²) in [4.78, 5) is 21.8. The molecule has 60 valence electrons. The second-order valence-electron chi connectivity index (χ2n) is 3.46. The largest absolute Gasteiger partial charge is 0.481 e. The molecule has 0 aromatic rings. The van der Waals surface area contributed by atoms with Crippen LogP contribution >= 0.6 is 0 Å². The molecule has 2 aliphatic carbocycles. The number of rotatable bonds is 1. The van der Waals surface area contributed by atoms with E-state index in [1.165, 1.54) is 0 Å². The van der Waals surface area contributed by atoms with Crippen LogP contribution in [0.15, 0.2) is 0 Å². The average molecular weight is 154 g/mol. The number of carbonyl (C=O) groups is 2. The highest BCUT2D eigenvalue weighted by Gasteiger charge is 2.49. The molecule has 0 spiro atoms. The van der Waals surface area contributed by atoms with Gasteiger partial charge in [-0.3, -0.25) is 9.59 Å². The van der Waals surface area contributed by atoms with Gasteiger partial charge in [0.05, 0.1) is 5.92 Å². The van der Waals surface area contributed by atoms with Gasteiger partial charge in [0.25, 0.3) is 0 Å². The number of carboxylic acids is 1. The Bertz CT molecular complexity index is 221. The van der Waals surface area contributed by atoms with Gasteiger partial charge < -0.3 is 5.11 Å². The molecule has 11 heavy (non-hydrogen) atoms. The minimum absolute atomic E-state index is 0.0844. The van der Waals surface area contributed by atoms with Crippen molar-refractivity contribution in [1.82, 2.24) is 0 Å². The van der Waals surface area contributed by atoms with E-state index in [1.54, 1.807) is 0 Å². The van der Waals surface area contributed by atoms with E-state index >= 15 is 0 Å². The summed E-state index contributed by atoms with van der Waals surface area (Å²) in [5.41, 5.74) is 0. The minimum Gasteiger partial charge on any atom is -0.481 e. The van der Waals surface area contributed by atoms with Crippen LogP contribution in [0.4, 0.5) is 0 Å². The van der Waals surface area contributed by atoms with E-state index in [2.05, 4.69) is 0 Å². The second kappa shape index (κ2) is 2.06. The molecule has 0 unspecified atom stereocenters. The first-order valence-corrected chi connectivity index (χ1v) is 3.96. The molecule has 3 atom stereocenters. The van der Waals surface area contributed by atoms with Crippen LogP contribution in [0.1, 0.15) is 19.3 Å². The lowest BCUT2D eigenvalue weighted by molar-refractivity contribution is -0.144. The molecule has 0 aliphatic heterocycles. The normalized spacial score (nSPS) is 41.5. The van der Waals surface area contributed by atoms with E-state index in [9.17, 15) is 9.59 Å². The Morgan fingerprint density at radius 3 is 2.45 bits per heavy atom. The summed E-state index contributed by atoms with van der Waals surface area (Å²) in [6.45, 7) is 0. The maximum Gasteiger partial charge on any atom is 0.307 e. The average Bonchev–Trinajstić information content (AvgIpc) is 2.46. The number of fused-ring (bicyclic) bond motifs is 2. The Hall–Kier alpha value is -0.860. The van der Waals surface area contributed by atoms with Crippen molar-refractivity contribution in [2.45, 2.75) is 19.3 Å². The quantitative estimate of drug-likeness (QED) is 0.604. The molecule has 2 fully saturated rings. The SMILES string of the molecule is O=C(O)[C@@H]1C[C@H]2CC[C@H]1C2=O. The van der Waals surface area contributed by atoms with Crippen molar-refractivity contribution in [3.05, 3.63) is 0 Å². The first-order chi connectivity index (χ1) is 5.20. The molecule has 0 aromatic carbocycles. The van der Waals surface area contributed by atoms with Crippen LogP contribution in [0.25, 0.3) is 0 Å². The maximum absolute atomic E-state index is 11.2. The van der Waals surface area contributed by atoms with Crippen molar-refractivity contribution in [1.29, 1.82) is 0 Å². The van der Waals surface area contributed by atoms with Crippen molar-refractivity contribution in [3.8, 4) is 0 Å². The van der Waals surface area contributed by atoms with Gasteiger partial charge in [-0.2, -0.15) is 0 Å². The summed E-state index contributed by atoms with van der Waals surface area (Å²) in [6, 6.07) is 0. The van der Waals surface area contributed by atoms with Crippen LogP contribution in [-0.4, -0.2) is 16.9 Å². The van der Waals surface area contributed by atoms with E-state index in [0.29, 0.717) is 6.42 Å². The van der Waals surface area contributed by atoms with Crippen LogP contribution in [0.5, 0.6) is 0 Å². The number of carboxylic acid groups (broad SMARTS) is 1. The monoisotopic (exact) mass is 154 g/mol. The highest BCUT2D eigenvalue weighted by molar-refractivity contribution is 5.93. The lowest BCUT2D eigenvalue weighted by atomic mass is 9.89. The van der Waals surface area contributed by atoms with Crippen molar-refractivity contribution in [3.63, 3.8) is 0 Å². The van der Waals surface area contributed by atoms with Gasteiger partial charge in [-0.1, -0.05) is 0 Å². The standard InChI is InChI=1S/C8H10O3/c9-7-4-1-2-5(7)6(3-4)8(10)11/h4-6H,1-3H2,(H,10,11)/t4-,5-,6-/m1/s1. The van der Waals surface area contributed by atoms with Gasteiger partial charge >= 0.3 is 5.97 Å². The van der Waals surface area contributed by atoms with Crippen molar-refractivity contribution in [2.24, 2.45) is 17.8 Å². The lowest BCUT2D eigenvalue weighted by Crippen LogP contribution is -2.21. The van der Waals surface area contributed by atoms with Gasteiger partial charge in [0.15, 0.2) is 0 Å². The molecule has 0 saturated heterocycles. The van der Waals surface area contributed by atoms with Crippen LogP contribution < -0.4 is 0 Å². The lowest BCUT2D eigenvalue weighted by Gasteiger charge is -2.14. The summed E-state index contributed by atoms with van der Waals surface area (Å²) >= 11 is 0. The third-order valence-corrected chi connectivity index (χ3v) is 2.94. The highest BCUT2D eigenvalue weighted by atomic mass is 16.4. The van der Waals surface area contributed by atoms with Gasteiger partial charge in [0.2, 0.25) is 0 Å². The number of aliphatic carboxylic acids is 1. The number of hydrogen-bond donors (Lipinski definition) is 1. The highest BCUT2D eigenvalue weighted by Crippen LogP contribution is 2.45. The molecule has 0 amide bonds. The van der Waals surface area contributed by atoms with Crippen molar-refractivity contribution >= 4 is 11.8 Å². The third-order valence-electron chi connectivity index (χ3n) is 2.94. The Balaban J connectivity index is 2.21. The van der Waals surface area contributed by atoms with Gasteiger partial charge in [-0.15, -0.1) is 0 Å². The van der Waals surface area contributed by atoms with Gasteiger partial charge in [-0.05, 0) is 19.3 Å². The van der Waals surface area contributed by atoms with Crippen molar-refractivity contribution in [2.75, 3.05) is 0 Å².